The lowest BCUT2D eigenvalue weighted by molar-refractivity contribution is -0.116. The highest BCUT2D eigenvalue weighted by Gasteiger charge is 2.41. The molecule has 1 aromatic heterocycles. The van der Waals surface area contributed by atoms with Crippen LogP contribution in [0.25, 0.3) is 0 Å². The van der Waals surface area contributed by atoms with E-state index in [0.29, 0.717) is 35.5 Å². The molecule has 1 unspecified atom stereocenters. The summed E-state index contributed by atoms with van der Waals surface area (Å²) in [7, 11) is 1.45. The maximum absolute atomic E-state index is 13.1. The zero-order valence-corrected chi connectivity index (χ0v) is 18.7. The summed E-state index contributed by atoms with van der Waals surface area (Å²) in [6.45, 7) is 2.03. The summed E-state index contributed by atoms with van der Waals surface area (Å²) >= 11 is 2.96. The van der Waals surface area contributed by atoms with Gasteiger partial charge in [-0.15, -0.1) is 10.2 Å². The maximum atomic E-state index is 13.1. The van der Waals surface area contributed by atoms with Crippen molar-refractivity contribution in [3.63, 3.8) is 0 Å². The van der Waals surface area contributed by atoms with Crippen LogP contribution < -0.4 is 15.4 Å². The van der Waals surface area contributed by atoms with Crippen molar-refractivity contribution >= 4 is 34.0 Å². The Kier molecular flexibility index (Phi) is 5.89. The number of hydrogen-bond donors (Lipinski definition) is 2. The average Bonchev–Trinajstić information content (AvgIpc) is 3.22. The highest BCUT2D eigenvalue weighted by molar-refractivity contribution is 8.01. The van der Waals surface area contributed by atoms with Crippen LogP contribution in [-0.2, 0) is 4.79 Å². The normalized spacial score (nSPS) is 18.8. The lowest BCUT2D eigenvalue weighted by Crippen LogP contribution is -2.38. The lowest BCUT2D eigenvalue weighted by Gasteiger charge is -2.38. The third-order valence-electron chi connectivity index (χ3n) is 5.31. The molecule has 1 aromatic carbocycles. The molecule has 0 radical (unpaired) electrons. The van der Waals surface area contributed by atoms with E-state index in [1.165, 1.54) is 24.5 Å². The molecule has 31 heavy (non-hydrogen) atoms. The quantitative estimate of drug-likeness (QED) is 0.649. The number of phenols is 1. The Labute approximate surface area is 188 Å². The monoisotopic (exact) mass is 455 g/mol. The fraction of sp³-hybridized carbons (Fsp3) is 0.333. The molecule has 1 atom stereocenters. The number of ketones is 1. The Morgan fingerprint density at radius 1 is 1.42 bits per heavy atom. The topological polar surface area (TPSA) is 125 Å². The number of aromatic hydroxyl groups is 1. The van der Waals surface area contributed by atoms with Crippen molar-refractivity contribution in [3.8, 4) is 17.6 Å². The molecule has 0 saturated carbocycles. The molecule has 0 fully saturated rings. The minimum Gasteiger partial charge on any atom is -0.504 e. The molecule has 8 nitrogen and oxygen atoms in total. The summed E-state index contributed by atoms with van der Waals surface area (Å²) in [6, 6.07) is 7.05. The van der Waals surface area contributed by atoms with E-state index in [0.717, 1.165) is 15.8 Å². The first-order valence-corrected chi connectivity index (χ1v) is 11.6. The number of benzene rings is 1. The first-order valence-electron chi connectivity index (χ1n) is 9.79. The summed E-state index contributed by atoms with van der Waals surface area (Å²) in [4.78, 5) is 14.8. The third kappa shape index (κ3) is 3.64. The van der Waals surface area contributed by atoms with Crippen LogP contribution in [0.2, 0.25) is 0 Å². The molecule has 0 saturated heterocycles. The molecule has 4 rings (SSSR count). The summed E-state index contributed by atoms with van der Waals surface area (Å²) in [5.74, 6) is 0.717. The second-order valence-corrected chi connectivity index (χ2v) is 9.50. The minimum absolute atomic E-state index is 0.0156. The van der Waals surface area contributed by atoms with Gasteiger partial charge in [-0.05, 0) is 36.3 Å². The standard InChI is InChI=1S/C21H21N5O3S2/c1-3-30-21-25-24-20(31-21)26-13-5-4-6-15(28)18(13)17(12(10-22)19(26)23)11-7-8-14(27)16(9-11)29-2/h7-9,17,27H,3-6,23H2,1-2H3. The number of carbonyl (C=O) groups is 1. The van der Waals surface area contributed by atoms with E-state index in [-0.39, 0.29) is 28.7 Å². The number of carbonyl (C=O) groups excluding carboxylic acids is 1. The van der Waals surface area contributed by atoms with Gasteiger partial charge < -0.3 is 15.6 Å². The molecule has 2 aromatic rings. The van der Waals surface area contributed by atoms with Gasteiger partial charge in [-0.2, -0.15) is 5.26 Å². The lowest BCUT2D eigenvalue weighted by atomic mass is 9.75. The number of anilines is 1. The number of allylic oxidation sites excluding steroid dienone is 3. The highest BCUT2D eigenvalue weighted by Crippen LogP contribution is 2.48. The van der Waals surface area contributed by atoms with Gasteiger partial charge in [0.05, 0.1) is 24.7 Å². The van der Waals surface area contributed by atoms with Crippen LogP contribution in [-0.4, -0.2) is 33.9 Å². The number of Topliss-reactive ketones (excluding diaryl/α,β-unsaturated/α-hetero) is 1. The molecular formula is C21H21N5O3S2. The van der Waals surface area contributed by atoms with E-state index in [4.69, 9.17) is 10.5 Å². The van der Waals surface area contributed by atoms with Gasteiger partial charge in [0.1, 0.15) is 5.82 Å². The zero-order chi connectivity index (χ0) is 22.1. The number of phenolic OH excluding ortho intramolecular Hbond substituents is 1. The van der Waals surface area contributed by atoms with Crippen molar-refractivity contribution in [1.29, 1.82) is 5.26 Å². The molecule has 0 amide bonds. The van der Waals surface area contributed by atoms with Gasteiger partial charge in [0.25, 0.3) is 0 Å². The molecule has 0 spiro atoms. The Bertz CT molecular complexity index is 1150. The first kappa shape index (κ1) is 21.2. The van der Waals surface area contributed by atoms with Crippen LogP contribution in [0.15, 0.2) is 45.2 Å². The van der Waals surface area contributed by atoms with E-state index >= 15 is 0 Å². The van der Waals surface area contributed by atoms with Gasteiger partial charge in [-0.3, -0.25) is 9.69 Å². The Morgan fingerprint density at radius 3 is 2.94 bits per heavy atom. The number of nitrogens with zero attached hydrogens (tertiary/aromatic N) is 4. The fourth-order valence-electron chi connectivity index (χ4n) is 3.99. The van der Waals surface area contributed by atoms with Crippen LogP contribution >= 0.6 is 23.1 Å². The zero-order valence-electron chi connectivity index (χ0n) is 17.1. The molecule has 2 heterocycles. The van der Waals surface area contributed by atoms with Crippen LogP contribution in [0.3, 0.4) is 0 Å². The number of thioether (sulfide) groups is 1. The molecular weight excluding hydrogens is 434 g/mol. The van der Waals surface area contributed by atoms with Gasteiger partial charge >= 0.3 is 0 Å². The predicted molar refractivity (Wildman–Crippen MR) is 119 cm³/mol. The molecule has 160 valence electrons. The number of rotatable bonds is 5. The summed E-state index contributed by atoms with van der Waals surface area (Å²) in [6.07, 6.45) is 1.75. The van der Waals surface area contributed by atoms with Gasteiger partial charge in [0.15, 0.2) is 21.6 Å². The minimum atomic E-state index is -0.629. The highest BCUT2D eigenvalue weighted by atomic mass is 32.2. The third-order valence-corrected chi connectivity index (χ3v) is 7.23. The molecule has 2 aliphatic rings. The van der Waals surface area contributed by atoms with Crippen molar-refractivity contribution in [2.45, 2.75) is 36.4 Å². The number of nitrogens with two attached hydrogens (primary N) is 1. The second kappa shape index (κ2) is 8.61. The smallest absolute Gasteiger partial charge is 0.219 e. The van der Waals surface area contributed by atoms with E-state index in [1.54, 1.807) is 28.8 Å². The predicted octanol–water partition coefficient (Wildman–Crippen LogP) is 3.67. The largest absolute Gasteiger partial charge is 0.504 e. The van der Waals surface area contributed by atoms with Crippen molar-refractivity contribution in [2.75, 3.05) is 17.8 Å². The van der Waals surface area contributed by atoms with Crippen LogP contribution in [0.4, 0.5) is 5.13 Å². The number of aromatic nitrogens is 2. The van der Waals surface area contributed by atoms with Gasteiger partial charge in [0.2, 0.25) is 5.13 Å². The second-order valence-electron chi connectivity index (χ2n) is 7.03. The summed E-state index contributed by atoms with van der Waals surface area (Å²) in [5, 5.41) is 29.1. The number of methoxy groups -OCH3 is 1. The Morgan fingerprint density at radius 2 is 2.23 bits per heavy atom. The maximum Gasteiger partial charge on any atom is 0.219 e. The van der Waals surface area contributed by atoms with Gasteiger partial charge in [-0.25, -0.2) is 0 Å². The van der Waals surface area contributed by atoms with Crippen molar-refractivity contribution in [2.24, 2.45) is 5.73 Å². The number of ether oxygens (including phenoxy) is 1. The molecule has 3 N–H and O–H groups in total. The molecule has 1 aliphatic carbocycles. The van der Waals surface area contributed by atoms with Crippen LogP contribution in [0.1, 0.15) is 37.7 Å². The fourth-order valence-corrected chi connectivity index (χ4v) is 5.76. The molecule has 1 aliphatic heterocycles. The van der Waals surface area contributed by atoms with Gasteiger partial charge in [0, 0.05) is 17.7 Å². The van der Waals surface area contributed by atoms with Crippen molar-refractivity contribution in [3.05, 3.63) is 46.4 Å². The Hall–Kier alpha value is -3.03. The summed E-state index contributed by atoms with van der Waals surface area (Å²) < 4.78 is 6.04. The van der Waals surface area contributed by atoms with Crippen LogP contribution in [0.5, 0.6) is 11.5 Å². The van der Waals surface area contributed by atoms with Crippen molar-refractivity contribution < 1.29 is 14.6 Å². The SMILES string of the molecule is CCSc1nnc(N2C(N)=C(C#N)C(c3ccc(O)c(OC)c3)C3=C2CCCC3=O)s1. The van der Waals surface area contributed by atoms with E-state index in [1.807, 2.05) is 6.92 Å². The van der Waals surface area contributed by atoms with Gasteiger partial charge in [-0.1, -0.05) is 36.1 Å². The first-order chi connectivity index (χ1) is 15.0. The summed E-state index contributed by atoms with van der Waals surface area (Å²) in [5.41, 5.74) is 8.75. The Balaban J connectivity index is 1.91. The molecule has 0 bridgehead atoms. The van der Waals surface area contributed by atoms with Crippen LogP contribution in [0, 0.1) is 11.3 Å². The molecule has 10 heteroatoms. The van der Waals surface area contributed by atoms with E-state index in [2.05, 4.69) is 16.3 Å². The number of hydrogen-bond acceptors (Lipinski definition) is 10. The van der Waals surface area contributed by atoms with E-state index < -0.39 is 5.92 Å². The van der Waals surface area contributed by atoms with Crippen molar-refractivity contribution in [1.82, 2.24) is 10.2 Å². The average molecular weight is 456 g/mol. The van der Waals surface area contributed by atoms with E-state index in [9.17, 15) is 15.2 Å². The number of nitriles is 1.